The zero-order valence-corrected chi connectivity index (χ0v) is 14.2. The van der Waals surface area contributed by atoms with Crippen molar-refractivity contribution in [3.05, 3.63) is 53.6 Å². The summed E-state index contributed by atoms with van der Waals surface area (Å²) in [5, 5.41) is 11.1. The van der Waals surface area contributed by atoms with Crippen LogP contribution >= 0.6 is 0 Å². The van der Waals surface area contributed by atoms with Crippen molar-refractivity contribution in [2.75, 3.05) is 19.5 Å². The third kappa shape index (κ3) is 2.52. The van der Waals surface area contributed by atoms with E-state index in [2.05, 4.69) is 15.5 Å². The van der Waals surface area contributed by atoms with E-state index in [-0.39, 0.29) is 12.1 Å². The maximum atomic E-state index is 13.8. The van der Waals surface area contributed by atoms with Gasteiger partial charge in [0.25, 0.3) is 0 Å². The second-order valence-electron chi connectivity index (χ2n) is 5.91. The molecule has 0 saturated carbocycles. The van der Waals surface area contributed by atoms with Crippen molar-refractivity contribution in [1.29, 1.82) is 0 Å². The number of aromatic amines is 2. The molecule has 2 aromatic carbocycles. The van der Waals surface area contributed by atoms with Crippen LogP contribution in [-0.4, -0.2) is 24.4 Å². The predicted molar refractivity (Wildman–Crippen MR) is 96.1 cm³/mol. The van der Waals surface area contributed by atoms with Crippen LogP contribution < -0.4 is 14.8 Å². The van der Waals surface area contributed by atoms with Crippen LogP contribution in [0.3, 0.4) is 0 Å². The molecular formula is C19H17F2N3O2. The number of benzene rings is 2. The fraction of sp³-hybridized carbons (Fsp3) is 0.158. The predicted octanol–water partition coefficient (Wildman–Crippen LogP) is 4.51. The Kier molecular flexibility index (Phi) is 3.91. The number of anilines is 1. The zero-order valence-electron chi connectivity index (χ0n) is 14.2. The molecule has 5 nitrogen and oxygen atoms in total. The Morgan fingerprint density at radius 1 is 0.962 bits per heavy atom. The van der Waals surface area contributed by atoms with Crippen molar-refractivity contribution < 1.29 is 18.3 Å². The summed E-state index contributed by atoms with van der Waals surface area (Å²) in [5.41, 5.74) is 1.75. The first kappa shape index (κ1) is 16.3. The van der Waals surface area contributed by atoms with Gasteiger partial charge in [-0.2, -0.15) is 0 Å². The van der Waals surface area contributed by atoms with E-state index < -0.39 is 11.6 Å². The van der Waals surface area contributed by atoms with E-state index in [4.69, 9.17) is 9.47 Å². The fourth-order valence-electron chi connectivity index (χ4n) is 3.14. The summed E-state index contributed by atoms with van der Waals surface area (Å²) in [6, 6.07) is 9.58. The van der Waals surface area contributed by atoms with E-state index in [9.17, 15) is 8.78 Å². The summed E-state index contributed by atoms with van der Waals surface area (Å²) >= 11 is 0. The van der Waals surface area contributed by atoms with Crippen LogP contribution in [0.25, 0.3) is 22.0 Å². The molecule has 0 saturated heterocycles. The van der Waals surface area contributed by atoms with Crippen molar-refractivity contribution in [3.8, 4) is 22.8 Å². The molecule has 2 aliphatic rings. The first-order valence-electron chi connectivity index (χ1n) is 8.04. The third-order valence-corrected chi connectivity index (χ3v) is 4.48. The van der Waals surface area contributed by atoms with Crippen LogP contribution in [-0.2, 0) is 6.54 Å². The number of rotatable bonds is 5. The van der Waals surface area contributed by atoms with Crippen LogP contribution in [0.1, 0.15) is 5.56 Å². The second kappa shape index (κ2) is 6.25. The first-order chi connectivity index (χ1) is 12.6. The molecule has 0 amide bonds. The molecule has 4 rings (SSSR count). The minimum absolute atomic E-state index is 0.00491. The highest BCUT2D eigenvalue weighted by Crippen LogP contribution is 2.42. The fourth-order valence-corrected chi connectivity index (χ4v) is 3.14. The Hall–Kier alpha value is -3.22. The number of fused-ring (bicyclic) bond motifs is 3. The standard InChI is InChI=1S/C19H17F2N3O2/c1-25-16-7-10-6-12-18(11(10)8-17(16)26-2)23-24-19(12)22-9-13-14(20)4-3-5-15(13)21/h3-8,22-24H,9H2,1-2H3. The molecule has 0 atom stereocenters. The van der Waals surface area contributed by atoms with Crippen LogP contribution in [0.4, 0.5) is 14.6 Å². The minimum atomic E-state index is -0.577. The molecule has 0 unspecified atom stereocenters. The summed E-state index contributed by atoms with van der Waals surface area (Å²) in [6.07, 6.45) is 0. The summed E-state index contributed by atoms with van der Waals surface area (Å²) < 4.78 is 38.3. The summed E-state index contributed by atoms with van der Waals surface area (Å²) in [7, 11) is 3.17. The van der Waals surface area contributed by atoms with Crippen LogP contribution in [0, 0.1) is 11.6 Å². The number of aromatic nitrogens is 2. The lowest BCUT2D eigenvalue weighted by molar-refractivity contribution is 0.356. The highest BCUT2D eigenvalue weighted by atomic mass is 19.1. The molecule has 134 valence electrons. The van der Waals surface area contributed by atoms with Crippen molar-refractivity contribution in [2.24, 2.45) is 0 Å². The molecule has 3 N–H and O–H groups in total. The van der Waals surface area contributed by atoms with Crippen molar-refractivity contribution >= 4 is 16.6 Å². The van der Waals surface area contributed by atoms with Crippen molar-refractivity contribution in [3.63, 3.8) is 0 Å². The monoisotopic (exact) mass is 357 g/mol. The molecule has 0 fully saturated rings. The number of nitrogens with one attached hydrogen (secondary N) is 3. The van der Waals surface area contributed by atoms with Gasteiger partial charge in [0.05, 0.1) is 19.9 Å². The topological polar surface area (TPSA) is 62.1 Å². The SMILES string of the molecule is COc1cc2cc3c(NCc4c(F)cccc4F)[nH][nH]c-3c2cc1OC. The molecule has 1 aliphatic carbocycles. The molecule has 0 spiro atoms. The van der Waals surface area contributed by atoms with Gasteiger partial charge < -0.3 is 14.8 Å². The Morgan fingerprint density at radius 2 is 1.65 bits per heavy atom. The third-order valence-electron chi connectivity index (χ3n) is 4.48. The van der Waals surface area contributed by atoms with E-state index >= 15 is 0 Å². The lowest BCUT2D eigenvalue weighted by Crippen LogP contribution is -2.05. The lowest BCUT2D eigenvalue weighted by Gasteiger charge is -2.07. The van der Waals surface area contributed by atoms with Crippen LogP contribution in [0.15, 0.2) is 36.4 Å². The van der Waals surface area contributed by atoms with Gasteiger partial charge in [0, 0.05) is 23.1 Å². The first-order valence-corrected chi connectivity index (χ1v) is 8.04. The van der Waals surface area contributed by atoms with E-state index in [1.165, 1.54) is 18.2 Å². The Labute approximate surface area is 148 Å². The molecule has 1 aliphatic heterocycles. The van der Waals surface area contributed by atoms with E-state index in [0.717, 1.165) is 22.0 Å². The van der Waals surface area contributed by atoms with E-state index in [1.54, 1.807) is 14.2 Å². The second-order valence-corrected chi connectivity index (χ2v) is 5.91. The van der Waals surface area contributed by atoms with Gasteiger partial charge >= 0.3 is 0 Å². The normalized spacial score (nSPS) is 11.2. The van der Waals surface area contributed by atoms with Gasteiger partial charge in [-0.15, -0.1) is 0 Å². The Bertz CT molecular complexity index is 1030. The van der Waals surface area contributed by atoms with Gasteiger partial charge in [-0.1, -0.05) is 6.07 Å². The number of hydrogen-bond acceptors (Lipinski definition) is 3. The van der Waals surface area contributed by atoms with Crippen molar-refractivity contribution in [2.45, 2.75) is 6.54 Å². The quantitative estimate of drug-likeness (QED) is 0.492. The summed E-state index contributed by atoms with van der Waals surface area (Å²) in [5.74, 6) is 0.763. The van der Waals surface area contributed by atoms with Crippen molar-refractivity contribution in [1.82, 2.24) is 10.2 Å². The van der Waals surface area contributed by atoms with Crippen LogP contribution in [0.5, 0.6) is 11.5 Å². The minimum Gasteiger partial charge on any atom is -0.493 e. The highest BCUT2D eigenvalue weighted by molar-refractivity contribution is 6.05. The average Bonchev–Trinajstić information content (AvgIpc) is 3.19. The van der Waals surface area contributed by atoms with E-state index in [0.29, 0.717) is 17.3 Å². The molecule has 1 heterocycles. The Morgan fingerprint density at radius 3 is 2.35 bits per heavy atom. The maximum Gasteiger partial charge on any atom is 0.161 e. The molecule has 7 heteroatoms. The number of H-pyrrole nitrogens is 2. The van der Waals surface area contributed by atoms with E-state index in [1.807, 2.05) is 18.2 Å². The lowest BCUT2D eigenvalue weighted by atomic mass is 10.2. The molecule has 26 heavy (non-hydrogen) atoms. The van der Waals surface area contributed by atoms with Gasteiger partial charge in [0.1, 0.15) is 17.5 Å². The number of hydrogen-bond donors (Lipinski definition) is 3. The maximum absolute atomic E-state index is 13.8. The highest BCUT2D eigenvalue weighted by Gasteiger charge is 2.19. The van der Waals surface area contributed by atoms with Gasteiger partial charge in [-0.25, -0.2) is 8.78 Å². The summed E-state index contributed by atoms with van der Waals surface area (Å²) in [6.45, 7) is 0.0239. The molecule has 2 aromatic rings. The number of methoxy groups -OCH3 is 2. The summed E-state index contributed by atoms with van der Waals surface area (Å²) in [4.78, 5) is 0. The number of ether oxygens (including phenoxy) is 2. The molecule has 0 bridgehead atoms. The molecule has 0 aromatic heterocycles. The smallest absolute Gasteiger partial charge is 0.161 e. The van der Waals surface area contributed by atoms with Gasteiger partial charge in [0.2, 0.25) is 0 Å². The van der Waals surface area contributed by atoms with Gasteiger partial charge in [-0.05, 0) is 35.7 Å². The largest absolute Gasteiger partial charge is 0.493 e. The van der Waals surface area contributed by atoms with Crippen LogP contribution in [0.2, 0.25) is 0 Å². The zero-order chi connectivity index (χ0) is 18.3. The Balaban J connectivity index is 1.69. The van der Waals surface area contributed by atoms with Gasteiger partial charge in [-0.3, -0.25) is 10.2 Å². The average molecular weight is 357 g/mol. The number of halogens is 2. The van der Waals surface area contributed by atoms with Gasteiger partial charge in [0.15, 0.2) is 11.5 Å². The molecule has 0 radical (unpaired) electrons. The molecular weight excluding hydrogens is 340 g/mol.